The number of carbonyl (C=O) groups is 1. The second kappa shape index (κ2) is 8.54. The average Bonchev–Trinajstić information content (AvgIpc) is 3.22. The van der Waals surface area contributed by atoms with E-state index >= 15 is 0 Å². The van der Waals surface area contributed by atoms with Gasteiger partial charge in [0, 0.05) is 17.8 Å². The van der Waals surface area contributed by atoms with Crippen LogP contribution in [-0.2, 0) is 16.0 Å². The quantitative estimate of drug-likeness (QED) is 0.457. The third kappa shape index (κ3) is 4.29. The van der Waals surface area contributed by atoms with Gasteiger partial charge in [0.25, 0.3) is 0 Å². The SMILES string of the molecule is O=C(Cc1csc(-c2ccccn2)n1)OC(c1ccccc1)c1ccccn1. The van der Waals surface area contributed by atoms with Gasteiger partial charge in [-0.25, -0.2) is 4.98 Å². The van der Waals surface area contributed by atoms with Gasteiger partial charge in [-0.15, -0.1) is 11.3 Å². The van der Waals surface area contributed by atoms with Gasteiger partial charge in [-0.2, -0.15) is 0 Å². The van der Waals surface area contributed by atoms with Crippen molar-refractivity contribution in [3.63, 3.8) is 0 Å². The van der Waals surface area contributed by atoms with Gasteiger partial charge in [0.1, 0.15) is 5.01 Å². The summed E-state index contributed by atoms with van der Waals surface area (Å²) in [5.74, 6) is -0.350. The number of benzene rings is 1. The molecule has 0 aliphatic heterocycles. The lowest BCUT2D eigenvalue weighted by molar-refractivity contribution is -0.146. The van der Waals surface area contributed by atoms with E-state index in [1.54, 1.807) is 12.4 Å². The Bertz CT molecular complexity index is 998. The molecule has 4 aromatic rings. The van der Waals surface area contributed by atoms with Crippen LogP contribution >= 0.6 is 11.3 Å². The summed E-state index contributed by atoms with van der Waals surface area (Å²) < 4.78 is 5.79. The van der Waals surface area contributed by atoms with Crippen molar-refractivity contribution in [2.24, 2.45) is 0 Å². The Morgan fingerprint density at radius 3 is 2.39 bits per heavy atom. The van der Waals surface area contributed by atoms with E-state index < -0.39 is 6.10 Å². The minimum atomic E-state index is -0.552. The molecule has 0 saturated heterocycles. The molecule has 0 aliphatic rings. The van der Waals surface area contributed by atoms with Crippen molar-refractivity contribution in [3.8, 4) is 10.7 Å². The molecule has 0 N–H and O–H groups in total. The van der Waals surface area contributed by atoms with Crippen molar-refractivity contribution in [1.29, 1.82) is 0 Å². The van der Waals surface area contributed by atoms with Gasteiger partial charge in [0.05, 0.1) is 23.5 Å². The highest BCUT2D eigenvalue weighted by Crippen LogP contribution is 2.26. The first-order chi connectivity index (χ1) is 13.8. The van der Waals surface area contributed by atoms with E-state index in [2.05, 4.69) is 15.0 Å². The molecule has 28 heavy (non-hydrogen) atoms. The number of thiazole rings is 1. The van der Waals surface area contributed by atoms with E-state index in [0.717, 1.165) is 16.3 Å². The van der Waals surface area contributed by atoms with E-state index in [4.69, 9.17) is 4.74 Å². The minimum Gasteiger partial charge on any atom is -0.451 e. The van der Waals surface area contributed by atoms with Gasteiger partial charge in [-0.1, -0.05) is 42.5 Å². The summed E-state index contributed by atoms with van der Waals surface area (Å²) in [4.78, 5) is 25.8. The Morgan fingerprint density at radius 2 is 1.68 bits per heavy atom. The molecule has 138 valence electrons. The maximum absolute atomic E-state index is 12.6. The van der Waals surface area contributed by atoms with Crippen LogP contribution in [-0.4, -0.2) is 20.9 Å². The first-order valence-corrected chi connectivity index (χ1v) is 9.69. The zero-order valence-electron chi connectivity index (χ0n) is 14.9. The van der Waals surface area contributed by atoms with Gasteiger partial charge in [-0.3, -0.25) is 14.8 Å². The van der Waals surface area contributed by atoms with E-state index in [1.165, 1.54) is 11.3 Å². The topological polar surface area (TPSA) is 65.0 Å². The van der Waals surface area contributed by atoms with Crippen LogP contribution in [0.5, 0.6) is 0 Å². The predicted molar refractivity (Wildman–Crippen MR) is 108 cm³/mol. The highest BCUT2D eigenvalue weighted by atomic mass is 32.1. The second-order valence-electron chi connectivity index (χ2n) is 6.07. The maximum Gasteiger partial charge on any atom is 0.312 e. The Kier molecular flexibility index (Phi) is 5.49. The molecule has 3 heterocycles. The van der Waals surface area contributed by atoms with E-state index in [-0.39, 0.29) is 12.4 Å². The van der Waals surface area contributed by atoms with Crippen molar-refractivity contribution in [1.82, 2.24) is 15.0 Å². The Hall–Kier alpha value is -3.38. The molecule has 0 saturated carbocycles. The fourth-order valence-electron chi connectivity index (χ4n) is 2.77. The third-order valence-corrected chi connectivity index (χ3v) is 4.98. The third-order valence-electron chi connectivity index (χ3n) is 4.07. The molecule has 5 nitrogen and oxygen atoms in total. The number of hydrogen-bond donors (Lipinski definition) is 0. The largest absolute Gasteiger partial charge is 0.451 e. The molecule has 0 amide bonds. The number of nitrogens with zero attached hydrogens (tertiary/aromatic N) is 3. The normalized spacial score (nSPS) is 11.7. The fraction of sp³-hybridized carbons (Fsp3) is 0.0909. The van der Waals surface area contributed by atoms with Crippen LogP contribution in [0.25, 0.3) is 10.7 Å². The van der Waals surface area contributed by atoms with Crippen LogP contribution in [0.4, 0.5) is 0 Å². The highest BCUT2D eigenvalue weighted by molar-refractivity contribution is 7.13. The lowest BCUT2D eigenvalue weighted by Gasteiger charge is -2.17. The van der Waals surface area contributed by atoms with Crippen LogP contribution in [0, 0.1) is 0 Å². The highest BCUT2D eigenvalue weighted by Gasteiger charge is 2.21. The monoisotopic (exact) mass is 387 g/mol. The van der Waals surface area contributed by atoms with Crippen LogP contribution in [0.3, 0.4) is 0 Å². The summed E-state index contributed by atoms with van der Waals surface area (Å²) in [6.45, 7) is 0. The van der Waals surface area contributed by atoms with Gasteiger partial charge in [0.15, 0.2) is 6.10 Å². The molecule has 0 fully saturated rings. The number of esters is 1. The van der Waals surface area contributed by atoms with E-state index in [1.807, 2.05) is 72.1 Å². The predicted octanol–water partition coefficient (Wildman–Crippen LogP) is 4.48. The summed E-state index contributed by atoms with van der Waals surface area (Å²) in [5, 5.41) is 2.65. The van der Waals surface area contributed by atoms with Crippen LogP contribution < -0.4 is 0 Å². The number of carbonyl (C=O) groups excluding carboxylic acids is 1. The molecule has 4 rings (SSSR count). The van der Waals surface area contributed by atoms with Crippen molar-refractivity contribution in [3.05, 3.63) is 101 Å². The molecular formula is C22H17N3O2S. The van der Waals surface area contributed by atoms with Gasteiger partial charge in [-0.05, 0) is 29.8 Å². The van der Waals surface area contributed by atoms with Crippen LogP contribution in [0.2, 0.25) is 0 Å². The van der Waals surface area contributed by atoms with Crippen LogP contribution in [0.15, 0.2) is 84.5 Å². The molecule has 6 heteroatoms. The lowest BCUT2D eigenvalue weighted by Crippen LogP contribution is -2.15. The summed E-state index contributed by atoms with van der Waals surface area (Å²) in [6, 6.07) is 20.8. The average molecular weight is 387 g/mol. The Balaban J connectivity index is 1.50. The smallest absolute Gasteiger partial charge is 0.312 e. The van der Waals surface area contributed by atoms with Gasteiger partial charge < -0.3 is 4.74 Å². The van der Waals surface area contributed by atoms with Crippen LogP contribution in [0.1, 0.15) is 23.1 Å². The fourth-order valence-corrected chi connectivity index (χ4v) is 3.57. The van der Waals surface area contributed by atoms with Crippen molar-refractivity contribution in [2.45, 2.75) is 12.5 Å². The maximum atomic E-state index is 12.6. The van der Waals surface area contributed by atoms with E-state index in [9.17, 15) is 4.79 Å². The first kappa shape index (κ1) is 18.0. The Morgan fingerprint density at radius 1 is 0.929 bits per heavy atom. The van der Waals surface area contributed by atoms with Gasteiger partial charge >= 0.3 is 5.97 Å². The Labute approximate surface area is 166 Å². The molecule has 3 aromatic heterocycles. The van der Waals surface area contributed by atoms with Crippen molar-refractivity contribution >= 4 is 17.3 Å². The van der Waals surface area contributed by atoms with Crippen molar-refractivity contribution in [2.75, 3.05) is 0 Å². The molecule has 1 atom stereocenters. The molecule has 0 aliphatic carbocycles. The zero-order valence-corrected chi connectivity index (χ0v) is 15.8. The summed E-state index contributed by atoms with van der Waals surface area (Å²) in [7, 11) is 0. The summed E-state index contributed by atoms with van der Waals surface area (Å²) in [5.41, 5.74) is 3.03. The summed E-state index contributed by atoms with van der Waals surface area (Å²) in [6.07, 6.45) is 2.96. The first-order valence-electron chi connectivity index (χ1n) is 8.81. The van der Waals surface area contributed by atoms with E-state index in [0.29, 0.717) is 11.4 Å². The number of rotatable bonds is 6. The summed E-state index contributed by atoms with van der Waals surface area (Å²) >= 11 is 1.46. The number of ether oxygens (including phenoxy) is 1. The molecular weight excluding hydrogens is 370 g/mol. The molecule has 1 aromatic carbocycles. The number of hydrogen-bond acceptors (Lipinski definition) is 6. The number of aromatic nitrogens is 3. The lowest BCUT2D eigenvalue weighted by atomic mass is 10.1. The number of pyridine rings is 2. The molecule has 1 unspecified atom stereocenters. The molecule has 0 bridgehead atoms. The molecule has 0 spiro atoms. The zero-order chi connectivity index (χ0) is 19.2. The minimum absolute atomic E-state index is 0.0967. The standard InChI is InChI=1S/C22H17N3O2S/c26-20(14-17-15-28-22(25-17)19-11-5-7-13-24-19)27-21(16-8-2-1-3-9-16)18-10-4-6-12-23-18/h1-13,15,21H,14H2. The van der Waals surface area contributed by atoms with Crippen molar-refractivity contribution < 1.29 is 9.53 Å². The molecule has 0 radical (unpaired) electrons. The van der Waals surface area contributed by atoms with Gasteiger partial charge in [0.2, 0.25) is 0 Å². The second-order valence-corrected chi connectivity index (χ2v) is 6.93.